The van der Waals surface area contributed by atoms with Crippen LogP contribution in [0.2, 0.25) is 12.6 Å². The molecular weight excluding hydrogens is 248 g/mol. The molecule has 0 amide bonds. The van der Waals surface area contributed by atoms with E-state index in [1.807, 2.05) is 13.3 Å². The molecule has 1 unspecified atom stereocenters. The van der Waals surface area contributed by atoms with Crippen LogP contribution < -0.4 is 0 Å². The summed E-state index contributed by atoms with van der Waals surface area (Å²) in [5.41, 5.74) is 0. The highest BCUT2D eigenvalue weighted by Crippen LogP contribution is 2.25. The molecule has 17 heavy (non-hydrogen) atoms. The van der Waals surface area contributed by atoms with E-state index in [1.54, 1.807) is 11.3 Å². The number of hydrogen-bond acceptors (Lipinski definition) is 4. The van der Waals surface area contributed by atoms with Gasteiger partial charge in [-0.25, -0.2) is 0 Å². The van der Waals surface area contributed by atoms with E-state index in [0.717, 1.165) is 13.1 Å². The summed E-state index contributed by atoms with van der Waals surface area (Å²) in [4.78, 5) is 5.72. The maximum atomic E-state index is 5.73. The van der Waals surface area contributed by atoms with Crippen LogP contribution in [-0.4, -0.2) is 46.0 Å². The average molecular weight is 268 g/mol. The fourth-order valence-electron chi connectivity index (χ4n) is 2.27. The molecule has 0 aliphatic carbocycles. The lowest BCUT2D eigenvalue weighted by molar-refractivity contribution is 0.320. The molecule has 5 heteroatoms. The Morgan fingerprint density at radius 3 is 3.24 bits per heavy atom. The van der Waals surface area contributed by atoms with Crippen molar-refractivity contribution in [3.63, 3.8) is 0 Å². The third-order valence-corrected chi connectivity index (χ3v) is 8.19. The van der Waals surface area contributed by atoms with Crippen LogP contribution in [0.4, 0.5) is 0 Å². The van der Waals surface area contributed by atoms with Gasteiger partial charge in [-0.05, 0) is 37.0 Å². The van der Waals surface area contributed by atoms with Crippen LogP contribution in [0.1, 0.15) is 11.3 Å². The predicted molar refractivity (Wildman–Crippen MR) is 76.4 cm³/mol. The number of thiophene rings is 1. The number of hydrogen-bond donors (Lipinski definition) is 0. The van der Waals surface area contributed by atoms with Crippen molar-refractivity contribution in [2.45, 2.75) is 19.0 Å². The molecule has 0 N–H and O–H groups in total. The van der Waals surface area contributed by atoms with E-state index in [2.05, 4.69) is 33.6 Å². The van der Waals surface area contributed by atoms with Crippen molar-refractivity contribution in [1.29, 1.82) is 0 Å². The van der Waals surface area contributed by atoms with Gasteiger partial charge in [0.2, 0.25) is 0 Å². The Bertz CT molecular complexity index is 369. The Labute approximate surface area is 108 Å². The Kier molecular flexibility index (Phi) is 4.50. The van der Waals surface area contributed by atoms with E-state index >= 15 is 0 Å². The zero-order valence-corrected chi connectivity index (χ0v) is 12.4. The normalized spacial score (nSPS) is 26.0. The zero-order valence-electron chi connectivity index (χ0n) is 10.6. The summed E-state index contributed by atoms with van der Waals surface area (Å²) in [7, 11) is 0.317. The van der Waals surface area contributed by atoms with Gasteiger partial charge in [-0.15, -0.1) is 11.3 Å². The number of nitrogens with zero attached hydrogens (tertiary/aromatic N) is 2. The van der Waals surface area contributed by atoms with Crippen LogP contribution >= 0.6 is 11.3 Å². The first kappa shape index (κ1) is 13.0. The zero-order chi connectivity index (χ0) is 12.1. The monoisotopic (exact) mass is 268 g/mol. The van der Waals surface area contributed by atoms with Gasteiger partial charge in [0, 0.05) is 24.7 Å². The number of aliphatic imine (C=N–C) groups is 1. The van der Waals surface area contributed by atoms with Crippen molar-refractivity contribution in [2.75, 3.05) is 26.7 Å². The first-order valence-corrected chi connectivity index (χ1v) is 9.52. The van der Waals surface area contributed by atoms with Crippen molar-refractivity contribution in [3.8, 4) is 0 Å². The van der Waals surface area contributed by atoms with E-state index in [1.165, 1.54) is 23.9 Å². The summed E-state index contributed by atoms with van der Waals surface area (Å²) in [5, 5.41) is 2.08. The minimum Gasteiger partial charge on any atom is -0.406 e. The molecule has 0 radical (unpaired) electrons. The maximum absolute atomic E-state index is 5.73. The van der Waals surface area contributed by atoms with Gasteiger partial charge in [-0.1, -0.05) is 6.07 Å². The molecular formula is C12H20N2OSSi. The third kappa shape index (κ3) is 3.25. The van der Waals surface area contributed by atoms with Gasteiger partial charge >= 0.3 is 0 Å². The molecule has 2 rings (SSSR count). The van der Waals surface area contributed by atoms with E-state index in [-0.39, 0.29) is 0 Å². The lowest BCUT2D eigenvalue weighted by Gasteiger charge is -2.30. The molecule has 1 aliphatic heterocycles. The van der Waals surface area contributed by atoms with Gasteiger partial charge in [0.15, 0.2) is 0 Å². The van der Waals surface area contributed by atoms with Crippen molar-refractivity contribution < 1.29 is 4.43 Å². The Morgan fingerprint density at radius 2 is 2.53 bits per heavy atom. The molecule has 0 aromatic carbocycles. The standard InChI is InChI=1S/C12H20N2OSSi/c1-15-17(2)10-4-7-14(17)8-6-13-11-12-5-3-9-16-12/h3,5,9,11H,4,6-8,10H2,1-2H3. The maximum Gasteiger partial charge on any atom is 0.267 e. The Hall–Kier alpha value is -0.493. The van der Waals surface area contributed by atoms with Gasteiger partial charge < -0.3 is 8.99 Å². The van der Waals surface area contributed by atoms with Crippen molar-refractivity contribution in [2.24, 2.45) is 4.99 Å². The second-order valence-electron chi connectivity index (χ2n) is 4.52. The first-order chi connectivity index (χ1) is 8.24. The third-order valence-electron chi connectivity index (χ3n) is 3.44. The van der Waals surface area contributed by atoms with E-state index in [9.17, 15) is 0 Å². The van der Waals surface area contributed by atoms with E-state index in [4.69, 9.17) is 4.43 Å². The molecule has 1 fully saturated rings. The van der Waals surface area contributed by atoms with Crippen LogP contribution in [0.3, 0.4) is 0 Å². The summed E-state index contributed by atoms with van der Waals surface area (Å²) < 4.78 is 8.26. The minimum atomic E-state index is -1.54. The van der Waals surface area contributed by atoms with Crippen LogP contribution in [-0.2, 0) is 4.43 Å². The molecule has 0 spiro atoms. The van der Waals surface area contributed by atoms with Gasteiger partial charge in [0.05, 0.1) is 6.54 Å². The Balaban J connectivity index is 1.79. The quantitative estimate of drug-likeness (QED) is 0.606. The SMILES string of the molecule is CO[Si]1(C)CCCN1CCN=Cc1cccs1. The molecule has 1 atom stereocenters. The molecule has 1 aromatic heterocycles. The summed E-state index contributed by atoms with van der Waals surface area (Å²) in [6, 6.07) is 5.41. The lowest BCUT2D eigenvalue weighted by Crippen LogP contribution is -2.49. The molecule has 1 saturated heterocycles. The lowest BCUT2D eigenvalue weighted by atomic mass is 10.4. The summed E-state index contributed by atoms with van der Waals surface area (Å²) in [5.74, 6) is 0. The van der Waals surface area contributed by atoms with Gasteiger partial charge in [-0.3, -0.25) is 4.99 Å². The molecule has 1 aliphatic rings. The van der Waals surface area contributed by atoms with Crippen molar-refractivity contribution >= 4 is 26.0 Å². The second kappa shape index (κ2) is 5.91. The predicted octanol–water partition coefficient (Wildman–Crippen LogP) is 2.59. The number of rotatable bonds is 5. The van der Waals surface area contributed by atoms with Crippen LogP contribution in [0, 0.1) is 0 Å². The average Bonchev–Trinajstić information content (AvgIpc) is 2.95. The highest BCUT2D eigenvalue weighted by atomic mass is 32.1. The van der Waals surface area contributed by atoms with Gasteiger partial charge in [0.25, 0.3) is 8.48 Å². The summed E-state index contributed by atoms with van der Waals surface area (Å²) in [6.45, 7) is 5.41. The molecule has 3 nitrogen and oxygen atoms in total. The Morgan fingerprint density at radius 1 is 1.65 bits per heavy atom. The fraction of sp³-hybridized carbons (Fsp3) is 0.583. The van der Waals surface area contributed by atoms with Crippen molar-refractivity contribution in [3.05, 3.63) is 22.4 Å². The summed E-state index contributed by atoms with van der Waals surface area (Å²) in [6.07, 6.45) is 3.26. The van der Waals surface area contributed by atoms with Crippen LogP contribution in [0.5, 0.6) is 0 Å². The minimum absolute atomic E-state index is 0.879. The molecule has 94 valence electrons. The topological polar surface area (TPSA) is 24.8 Å². The molecule has 0 bridgehead atoms. The summed E-state index contributed by atoms with van der Waals surface area (Å²) >= 11 is 1.73. The van der Waals surface area contributed by atoms with Crippen molar-refractivity contribution in [1.82, 2.24) is 4.57 Å². The first-order valence-electron chi connectivity index (χ1n) is 6.08. The van der Waals surface area contributed by atoms with Crippen LogP contribution in [0.15, 0.2) is 22.5 Å². The highest BCUT2D eigenvalue weighted by Gasteiger charge is 2.39. The molecule has 2 heterocycles. The van der Waals surface area contributed by atoms with Gasteiger partial charge in [0.1, 0.15) is 0 Å². The van der Waals surface area contributed by atoms with E-state index in [0.29, 0.717) is 0 Å². The van der Waals surface area contributed by atoms with E-state index < -0.39 is 8.48 Å². The molecule has 1 aromatic rings. The molecule has 0 saturated carbocycles. The second-order valence-corrected chi connectivity index (χ2v) is 9.39. The largest absolute Gasteiger partial charge is 0.406 e. The van der Waals surface area contributed by atoms with Crippen LogP contribution in [0.25, 0.3) is 0 Å². The van der Waals surface area contributed by atoms with Gasteiger partial charge in [-0.2, -0.15) is 0 Å². The fourth-order valence-corrected chi connectivity index (χ4v) is 5.67. The highest BCUT2D eigenvalue weighted by molar-refractivity contribution is 7.11. The smallest absolute Gasteiger partial charge is 0.267 e.